The second-order valence-electron chi connectivity index (χ2n) is 4.83. The Hall–Kier alpha value is -0.980. The topological polar surface area (TPSA) is 74.6 Å². The van der Waals surface area contributed by atoms with Crippen LogP contribution in [0.15, 0.2) is 24.3 Å². The molecule has 2 atom stereocenters. The molecule has 0 amide bonds. The van der Waals surface area contributed by atoms with Crippen molar-refractivity contribution >= 4 is 9.84 Å². The zero-order valence-electron chi connectivity index (χ0n) is 9.88. The Morgan fingerprint density at radius 1 is 1.22 bits per heavy atom. The summed E-state index contributed by atoms with van der Waals surface area (Å²) < 4.78 is 36.2. The van der Waals surface area contributed by atoms with Crippen molar-refractivity contribution in [3.8, 4) is 0 Å². The number of hydrogen-bond donors (Lipinski definition) is 2. The molecule has 2 rings (SSSR count). The minimum absolute atomic E-state index is 0.408. The van der Waals surface area contributed by atoms with Crippen LogP contribution in [-0.4, -0.2) is 43.4 Å². The van der Waals surface area contributed by atoms with Crippen molar-refractivity contribution < 1.29 is 23.0 Å². The molecule has 1 saturated carbocycles. The van der Waals surface area contributed by atoms with Crippen molar-refractivity contribution in [2.24, 2.45) is 5.41 Å². The van der Waals surface area contributed by atoms with Gasteiger partial charge in [-0.25, -0.2) is 12.8 Å². The lowest BCUT2D eigenvalue weighted by molar-refractivity contribution is 0.130. The van der Waals surface area contributed by atoms with Crippen molar-refractivity contribution in [3.63, 3.8) is 0 Å². The van der Waals surface area contributed by atoms with Crippen molar-refractivity contribution in [1.82, 2.24) is 0 Å². The van der Waals surface area contributed by atoms with Crippen molar-refractivity contribution in [2.75, 3.05) is 19.5 Å². The number of sulfone groups is 1. The SMILES string of the molecule is CS(=O)(=O)[C@H]1[C@@H](c2ccc(F)cc2)C1(CO)CO. The molecule has 0 aliphatic heterocycles. The Kier molecular flexibility index (Phi) is 3.21. The normalized spacial score (nSPS) is 26.0. The van der Waals surface area contributed by atoms with Crippen LogP contribution in [0.1, 0.15) is 11.5 Å². The zero-order valence-corrected chi connectivity index (χ0v) is 10.7. The fraction of sp³-hybridized carbons (Fsp3) is 0.500. The fourth-order valence-electron chi connectivity index (χ4n) is 2.73. The van der Waals surface area contributed by atoms with Gasteiger partial charge in [0.15, 0.2) is 9.84 Å². The summed E-state index contributed by atoms with van der Waals surface area (Å²) >= 11 is 0. The van der Waals surface area contributed by atoms with Gasteiger partial charge < -0.3 is 10.2 Å². The first-order chi connectivity index (χ1) is 8.36. The number of rotatable bonds is 4. The highest BCUT2D eigenvalue weighted by molar-refractivity contribution is 7.91. The van der Waals surface area contributed by atoms with Gasteiger partial charge in [0, 0.05) is 17.6 Å². The average molecular weight is 274 g/mol. The highest BCUT2D eigenvalue weighted by Crippen LogP contribution is 2.62. The van der Waals surface area contributed by atoms with Gasteiger partial charge >= 0.3 is 0 Å². The van der Waals surface area contributed by atoms with E-state index in [0.717, 1.165) is 6.26 Å². The monoisotopic (exact) mass is 274 g/mol. The third kappa shape index (κ3) is 1.94. The van der Waals surface area contributed by atoms with Crippen LogP contribution < -0.4 is 0 Å². The fourth-order valence-corrected chi connectivity index (χ4v) is 4.72. The predicted molar refractivity (Wildman–Crippen MR) is 64.4 cm³/mol. The van der Waals surface area contributed by atoms with Crippen molar-refractivity contribution in [1.29, 1.82) is 0 Å². The van der Waals surface area contributed by atoms with Crippen molar-refractivity contribution in [3.05, 3.63) is 35.6 Å². The Bertz CT molecular complexity index is 534. The van der Waals surface area contributed by atoms with Gasteiger partial charge in [-0.2, -0.15) is 0 Å². The van der Waals surface area contributed by atoms with Gasteiger partial charge in [-0.05, 0) is 17.7 Å². The Morgan fingerprint density at radius 2 is 1.72 bits per heavy atom. The van der Waals surface area contributed by atoms with E-state index in [9.17, 15) is 23.0 Å². The van der Waals surface area contributed by atoms with E-state index in [4.69, 9.17) is 0 Å². The average Bonchev–Trinajstić information content (AvgIpc) is 3.00. The van der Waals surface area contributed by atoms with Gasteiger partial charge in [-0.15, -0.1) is 0 Å². The molecule has 1 aliphatic carbocycles. The smallest absolute Gasteiger partial charge is 0.151 e. The number of aliphatic hydroxyl groups is 2. The van der Waals surface area contributed by atoms with Crippen LogP contribution in [-0.2, 0) is 9.84 Å². The molecule has 100 valence electrons. The summed E-state index contributed by atoms with van der Waals surface area (Å²) in [4.78, 5) is 0. The van der Waals surface area contributed by atoms with Crippen LogP contribution in [0.25, 0.3) is 0 Å². The molecule has 2 N–H and O–H groups in total. The van der Waals surface area contributed by atoms with Gasteiger partial charge in [-0.1, -0.05) is 12.1 Å². The van der Waals surface area contributed by atoms with Crippen LogP contribution in [0, 0.1) is 11.2 Å². The summed E-state index contributed by atoms with van der Waals surface area (Å²) in [5.74, 6) is -0.892. The van der Waals surface area contributed by atoms with Crippen LogP contribution in [0.2, 0.25) is 0 Å². The summed E-state index contributed by atoms with van der Waals surface area (Å²) in [5.41, 5.74) is -0.430. The predicted octanol–water partition coefficient (Wildman–Crippen LogP) is 0.307. The lowest BCUT2D eigenvalue weighted by Crippen LogP contribution is -2.22. The van der Waals surface area contributed by atoms with E-state index in [-0.39, 0.29) is 0 Å². The summed E-state index contributed by atoms with van der Waals surface area (Å²) in [6.45, 7) is -0.827. The van der Waals surface area contributed by atoms with Gasteiger partial charge in [0.1, 0.15) is 5.82 Å². The van der Waals surface area contributed by atoms with E-state index in [2.05, 4.69) is 0 Å². The summed E-state index contributed by atoms with van der Waals surface area (Å²) in [6, 6.07) is 5.47. The number of aliphatic hydroxyl groups excluding tert-OH is 2. The molecule has 1 aromatic carbocycles. The molecule has 0 spiro atoms. The third-order valence-electron chi connectivity index (χ3n) is 3.66. The summed E-state index contributed by atoms with van der Waals surface area (Å²) in [7, 11) is -3.38. The molecule has 6 heteroatoms. The molecule has 1 aromatic rings. The maximum absolute atomic E-state index is 12.8. The number of hydrogen-bond acceptors (Lipinski definition) is 4. The van der Waals surface area contributed by atoms with E-state index < -0.39 is 45.5 Å². The van der Waals surface area contributed by atoms with Crippen LogP contribution >= 0.6 is 0 Å². The maximum atomic E-state index is 12.8. The molecule has 18 heavy (non-hydrogen) atoms. The lowest BCUT2D eigenvalue weighted by Gasteiger charge is -2.10. The van der Waals surface area contributed by atoms with E-state index >= 15 is 0 Å². The molecule has 1 fully saturated rings. The quantitative estimate of drug-likeness (QED) is 0.828. The molecule has 0 unspecified atom stereocenters. The van der Waals surface area contributed by atoms with E-state index in [0.29, 0.717) is 5.56 Å². The third-order valence-corrected chi connectivity index (χ3v) is 5.32. The first-order valence-corrected chi connectivity index (χ1v) is 7.48. The van der Waals surface area contributed by atoms with Crippen LogP contribution in [0.5, 0.6) is 0 Å². The molecule has 0 saturated heterocycles. The molecule has 1 aliphatic rings. The highest BCUT2D eigenvalue weighted by atomic mass is 32.2. The molecule has 0 aromatic heterocycles. The lowest BCUT2D eigenvalue weighted by atomic mass is 10.0. The molecular weight excluding hydrogens is 259 g/mol. The second kappa shape index (κ2) is 4.29. The maximum Gasteiger partial charge on any atom is 0.151 e. The first kappa shape index (κ1) is 13.5. The molecular formula is C12H15FO4S. The van der Waals surface area contributed by atoms with E-state index in [1.54, 1.807) is 0 Å². The van der Waals surface area contributed by atoms with Crippen molar-refractivity contribution in [2.45, 2.75) is 11.2 Å². The molecule has 0 heterocycles. The zero-order chi connectivity index (χ0) is 13.6. The molecule has 0 radical (unpaired) electrons. The Labute approximate surface area is 105 Å². The Morgan fingerprint density at radius 3 is 2.06 bits per heavy atom. The minimum atomic E-state index is -3.38. The van der Waals surface area contributed by atoms with Gasteiger partial charge in [0.05, 0.1) is 18.5 Å². The largest absolute Gasteiger partial charge is 0.396 e. The first-order valence-electron chi connectivity index (χ1n) is 5.53. The number of halogens is 1. The second-order valence-corrected chi connectivity index (χ2v) is 7.00. The minimum Gasteiger partial charge on any atom is -0.396 e. The highest BCUT2D eigenvalue weighted by Gasteiger charge is 2.69. The Balaban J connectivity index is 2.41. The van der Waals surface area contributed by atoms with Gasteiger partial charge in [-0.3, -0.25) is 0 Å². The van der Waals surface area contributed by atoms with E-state index in [1.165, 1.54) is 24.3 Å². The van der Waals surface area contributed by atoms with Crippen LogP contribution in [0.4, 0.5) is 4.39 Å². The standard InChI is InChI=1S/C12H15FO4S/c1-18(16,17)11-10(12(11,6-14)7-15)8-2-4-9(13)5-3-8/h2-5,10-11,14-15H,6-7H2,1H3/t10-,11+/m1/s1. The van der Waals surface area contributed by atoms with E-state index in [1.807, 2.05) is 0 Å². The summed E-state index contributed by atoms with van der Waals surface area (Å²) in [5, 5.41) is 17.9. The molecule has 0 bridgehead atoms. The summed E-state index contributed by atoms with van der Waals surface area (Å²) in [6.07, 6.45) is 1.08. The van der Waals surface area contributed by atoms with Crippen LogP contribution in [0.3, 0.4) is 0 Å². The van der Waals surface area contributed by atoms with Gasteiger partial charge in [0.25, 0.3) is 0 Å². The molecule has 4 nitrogen and oxygen atoms in total. The van der Waals surface area contributed by atoms with Gasteiger partial charge in [0.2, 0.25) is 0 Å². The number of benzene rings is 1.